The van der Waals surface area contributed by atoms with Gasteiger partial charge in [0.15, 0.2) is 0 Å². The maximum atomic E-state index is 12.8. The quantitative estimate of drug-likeness (QED) is 0.667. The third-order valence-electron chi connectivity index (χ3n) is 4.02. The van der Waals surface area contributed by atoms with Crippen molar-refractivity contribution in [3.05, 3.63) is 52.1 Å². The van der Waals surface area contributed by atoms with Crippen LogP contribution in [0.25, 0.3) is 0 Å². The number of aromatic amines is 1. The van der Waals surface area contributed by atoms with Crippen LogP contribution in [0.3, 0.4) is 0 Å². The number of nitro benzene ring substituents is 1. The number of piperidine rings is 1. The van der Waals surface area contributed by atoms with Crippen LogP contribution in [0.5, 0.6) is 5.75 Å². The number of rotatable bonds is 3. The van der Waals surface area contributed by atoms with E-state index >= 15 is 0 Å². The number of phenolic OH excluding ortho intramolecular Hbond substituents is 1. The summed E-state index contributed by atoms with van der Waals surface area (Å²) < 4.78 is 0. The molecule has 1 unspecified atom stereocenters. The van der Waals surface area contributed by atoms with Gasteiger partial charge in [-0.25, -0.2) is 4.98 Å². The molecule has 3 rings (SSSR count). The van der Waals surface area contributed by atoms with Crippen LogP contribution in [0.15, 0.2) is 30.6 Å². The van der Waals surface area contributed by atoms with Gasteiger partial charge in [0, 0.05) is 25.0 Å². The van der Waals surface area contributed by atoms with Crippen LogP contribution in [-0.4, -0.2) is 37.3 Å². The standard InChI is InChI=1S/C15H16N4O4/c20-13-9-10(19(22)23)4-5-11(13)15(21)18-8-2-1-3-12(18)14-16-6-7-17-14/h4-7,9,12,20H,1-3,8H2,(H,16,17). The minimum absolute atomic E-state index is 0.0639. The summed E-state index contributed by atoms with van der Waals surface area (Å²) in [7, 11) is 0. The maximum absolute atomic E-state index is 12.8. The summed E-state index contributed by atoms with van der Waals surface area (Å²) in [5.41, 5.74) is -0.186. The first kappa shape index (κ1) is 15.0. The molecule has 8 nitrogen and oxygen atoms in total. The van der Waals surface area contributed by atoms with Crippen LogP contribution >= 0.6 is 0 Å². The highest BCUT2D eigenvalue weighted by Gasteiger charge is 2.31. The Morgan fingerprint density at radius 1 is 1.43 bits per heavy atom. The summed E-state index contributed by atoms with van der Waals surface area (Å²) in [5.74, 6) is -0.0223. The zero-order valence-corrected chi connectivity index (χ0v) is 12.3. The Labute approximate surface area is 131 Å². The van der Waals surface area contributed by atoms with E-state index in [0.29, 0.717) is 12.4 Å². The molecule has 0 aliphatic carbocycles. The summed E-state index contributed by atoms with van der Waals surface area (Å²) in [6.07, 6.45) is 5.98. The number of H-pyrrole nitrogens is 1. The van der Waals surface area contributed by atoms with Gasteiger partial charge in [0.05, 0.1) is 22.6 Å². The van der Waals surface area contributed by atoms with Gasteiger partial charge in [-0.05, 0) is 25.3 Å². The topological polar surface area (TPSA) is 112 Å². The number of nitrogens with one attached hydrogen (secondary N) is 1. The van der Waals surface area contributed by atoms with Gasteiger partial charge in [0.2, 0.25) is 0 Å². The first-order chi connectivity index (χ1) is 11.1. The van der Waals surface area contributed by atoms with Gasteiger partial charge in [-0.3, -0.25) is 14.9 Å². The third kappa shape index (κ3) is 2.87. The molecule has 2 aromatic rings. The van der Waals surface area contributed by atoms with Crippen LogP contribution < -0.4 is 0 Å². The van der Waals surface area contributed by atoms with Crippen molar-refractivity contribution in [2.75, 3.05) is 6.54 Å². The van der Waals surface area contributed by atoms with E-state index in [1.807, 2.05) is 0 Å². The molecule has 120 valence electrons. The first-order valence-electron chi connectivity index (χ1n) is 7.35. The Morgan fingerprint density at radius 2 is 2.26 bits per heavy atom. The smallest absolute Gasteiger partial charge is 0.273 e. The van der Waals surface area contributed by atoms with Crippen LogP contribution in [-0.2, 0) is 0 Å². The average molecular weight is 316 g/mol. The lowest BCUT2D eigenvalue weighted by molar-refractivity contribution is -0.384. The Morgan fingerprint density at radius 3 is 2.91 bits per heavy atom. The number of nitrogens with zero attached hydrogens (tertiary/aromatic N) is 3. The molecule has 0 bridgehead atoms. The number of carbonyl (C=O) groups excluding carboxylic acids is 1. The number of amides is 1. The fourth-order valence-electron chi connectivity index (χ4n) is 2.89. The van der Waals surface area contributed by atoms with E-state index in [0.717, 1.165) is 25.3 Å². The van der Waals surface area contributed by atoms with Gasteiger partial charge >= 0.3 is 0 Å². The van der Waals surface area contributed by atoms with Gasteiger partial charge in [-0.15, -0.1) is 0 Å². The van der Waals surface area contributed by atoms with E-state index in [-0.39, 0.29) is 28.9 Å². The van der Waals surface area contributed by atoms with Crippen molar-refractivity contribution in [2.24, 2.45) is 0 Å². The molecule has 1 atom stereocenters. The van der Waals surface area contributed by atoms with Crippen molar-refractivity contribution in [2.45, 2.75) is 25.3 Å². The molecular formula is C15H16N4O4. The Hall–Kier alpha value is -2.90. The summed E-state index contributed by atoms with van der Waals surface area (Å²) in [5, 5.41) is 20.7. The number of hydrogen-bond donors (Lipinski definition) is 2. The van der Waals surface area contributed by atoms with E-state index < -0.39 is 4.92 Å². The number of hydrogen-bond acceptors (Lipinski definition) is 5. The minimum atomic E-state index is -0.611. The average Bonchev–Trinajstić information content (AvgIpc) is 3.08. The molecule has 1 saturated heterocycles. The van der Waals surface area contributed by atoms with E-state index in [4.69, 9.17) is 0 Å². The number of aromatic nitrogens is 2. The second kappa shape index (κ2) is 6.07. The minimum Gasteiger partial charge on any atom is -0.507 e. The number of phenols is 1. The number of likely N-dealkylation sites (tertiary alicyclic amines) is 1. The predicted octanol–water partition coefficient (Wildman–Crippen LogP) is 2.39. The van der Waals surface area contributed by atoms with E-state index in [9.17, 15) is 20.0 Å². The predicted molar refractivity (Wildman–Crippen MR) is 81.0 cm³/mol. The summed E-state index contributed by atoms with van der Waals surface area (Å²) >= 11 is 0. The summed E-state index contributed by atoms with van der Waals surface area (Å²) in [4.78, 5) is 31.8. The SMILES string of the molecule is O=C(c1ccc([N+](=O)[O-])cc1O)N1CCCCC1c1ncc[nH]1. The van der Waals surface area contributed by atoms with Crippen LogP contribution in [0, 0.1) is 10.1 Å². The Balaban J connectivity index is 1.90. The lowest BCUT2D eigenvalue weighted by atomic mass is 10.00. The Bertz CT molecular complexity index is 729. The molecule has 2 heterocycles. The molecule has 8 heteroatoms. The zero-order valence-electron chi connectivity index (χ0n) is 12.3. The van der Waals surface area contributed by atoms with Gasteiger partial charge in [0.25, 0.3) is 11.6 Å². The van der Waals surface area contributed by atoms with Gasteiger partial charge in [-0.2, -0.15) is 0 Å². The third-order valence-corrected chi connectivity index (χ3v) is 4.02. The molecule has 1 fully saturated rings. The number of imidazole rings is 1. The first-order valence-corrected chi connectivity index (χ1v) is 7.35. The number of nitro groups is 1. The highest BCUT2D eigenvalue weighted by molar-refractivity contribution is 5.97. The van der Waals surface area contributed by atoms with Crippen molar-refractivity contribution in [1.29, 1.82) is 0 Å². The molecule has 1 amide bonds. The molecule has 2 N–H and O–H groups in total. The highest BCUT2D eigenvalue weighted by atomic mass is 16.6. The van der Waals surface area contributed by atoms with Crippen molar-refractivity contribution in [3.8, 4) is 5.75 Å². The van der Waals surface area contributed by atoms with Gasteiger partial charge in [0.1, 0.15) is 11.6 Å². The lowest BCUT2D eigenvalue weighted by Gasteiger charge is -2.34. The molecule has 0 spiro atoms. The van der Waals surface area contributed by atoms with E-state index in [1.165, 1.54) is 12.1 Å². The van der Waals surface area contributed by atoms with Crippen LogP contribution in [0.2, 0.25) is 0 Å². The van der Waals surface area contributed by atoms with Crippen molar-refractivity contribution in [1.82, 2.24) is 14.9 Å². The lowest BCUT2D eigenvalue weighted by Crippen LogP contribution is -2.39. The van der Waals surface area contributed by atoms with E-state index in [1.54, 1.807) is 17.3 Å². The van der Waals surface area contributed by atoms with Crippen LogP contribution in [0.4, 0.5) is 5.69 Å². The molecule has 23 heavy (non-hydrogen) atoms. The molecule has 0 saturated carbocycles. The highest BCUT2D eigenvalue weighted by Crippen LogP contribution is 2.32. The normalized spacial score (nSPS) is 17.9. The van der Waals surface area contributed by atoms with Crippen LogP contribution in [0.1, 0.15) is 41.5 Å². The molecule has 0 radical (unpaired) electrons. The second-order valence-corrected chi connectivity index (χ2v) is 5.44. The van der Waals surface area contributed by atoms with Crippen molar-refractivity contribution < 1.29 is 14.8 Å². The van der Waals surface area contributed by atoms with Gasteiger partial charge < -0.3 is 15.0 Å². The summed E-state index contributed by atoms with van der Waals surface area (Å²) in [6.45, 7) is 0.556. The largest absolute Gasteiger partial charge is 0.507 e. The summed E-state index contributed by atoms with van der Waals surface area (Å²) in [6, 6.07) is 3.34. The fourth-order valence-corrected chi connectivity index (χ4v) is 2.89. The second-order valence-electron chi connectivity index (χ2n) is 5.44. The maximum Gasteiger partial charge on any atom is 0.273 e. The molecule has 1 aliphatic rings. The number of aromatic hydroxyl groups is 1. The molecule has 1 aromatic carbocycles. The van der Waals surface area contributed by atoms with E-state index in [2.05, 4.69) is 9.97 Å². The fraction of sp³-hybridized carbons (Fsp3) is 0.333. The number of carbonyl (C=O) groups is 1. The number of non-ortho nitro benzene ring substituents is 1. The Kier molecular flexibility index (Phi) is 3.96. The molecule has 1 aliphatic heterocycles. The van der Waals surface area contributed by atoms with Crippen molar-refractivity contribution in [3.63, 3.8) is 0 Å². The van der Waals surface area contributed by atoms with Gasteiger partial charge in [-0.1, -0.05) is 0 Å². The monoisotopic (exact) mass is 316 g/mol. The molecule has 1 aromatic heterocycles. The number of benzene rings is 1. The zero-order chi connectivity index (χ0) is 16.4. The van der Waals surface area contributed by atoms with Crippen molar-refractivity contribution >= 4 is 11.6 Å². The molecular weight excluding hydrogens is 300 g/mol.